The molecule has 0 aliphatic heterocycles. The number of aromatic nitrogens is 2. The van der Waals surface area contributed by atoms with Gasteiger partial charge in [0.05, 0.1) is 6.61 Å². The first-order valence-electron chi connectivity index (χ1n) is 8.44. The molecule has 0 aliphatic carbocycles. The van der Waals surface area contributed by atoms with Gasteiger partial charge < -0.3 is 29.4 Å². The first-order valence-corrected chi connectivity index (χ1v) is 13.4. The number of aromatic amines is 1. The van der Waals surface area contributed by atoms with E-state index >= 15 is 0 Å². The monoisotopic (exact) mass is 546 g/mol. The quantitative estimate of drug-likeness (QED) is 0.143. The van der Waals surface area contributed by atoms with Crippen molar-refractivity contribution in [2.75, 3.05) is 13.7 Å². The van der Waals surface area contributed by atoms with E-state index in [1.165, 1.54) is 0 Å². The van der Waals surface area contributed by atoms with Gasteiger partial charge in [0.15, 0.2) is 0 Å². The molecule has 0 amide bonds. The minimum absolute atomic E-state index is 0.0955. The van der Waals surface area contributed by atoms with Gasteiger partial charge >= 0.3 is 29.2 Å². The highest BCUT2D eigenvalue weighted by molar-refractivity contribution is 7.66. The molecule has 1 rings (SSSR count). The highest BCUT2D eigenvalue weighted by Crippen LogP contribution is 2.66. The van der Waals surface area contributed by atoms with Crippen molar-refractivity contribution in [2.24, 2.45) is 0 Å². The number of nitrogens with one attached hydrogen (secondary N) is 1. The molecule has 6 N–H and O–H groups in total. The Morgan fingerprint density at radius 2 is 1.75 bits per heavy atom. The first kappa shape index (κ1) is 29.3. The molecule has 0 radical (unpaired) electrons. The minimum Gasteiger partial charge on any atom is -0.387 e. The Morgan fingerprint density at radius 1 is 1.16 bits per heavy atom. The molecule has 0 aliphatic rings. The van der Waals surface area contributed by atoms with Gasteiger partial charge in [-0.05, 0) is 6.42 Å². The van der Waals surface area contributed by atoms with Gasteiger partial charge in [0.1, 0.15) is 17.2 Å². The average molecular weight is 547 g/mol. The van der Waals surface area contributed by atoms with Gasteiger partial charge in [-0.1, -0.05) is 24.9 Å². The van der Waals surface area contributed by atoms with E-state index in [1.807, 2.05) is 4.98 Å². The van der Waals surface area contributed by atoms with Crippen molar-refractivity contribution in [2.45, 2.75) is 37.0 Å². The Labute approximate surface area is 185 Å². The average Bonchev–Trinajstić information content (AvgIpc) is 2.61. The van der Waals surface area contributed by atoms with Crippen LogP contribution in [0.5, 0.6) is 0 Å². The summed E-state index contributed by atoms with van der Waals surface area (Å²) in [6.45, 7) is 0.615. The summed E-state index contributed by atoms with van der Waals surface area (Å²) in [5.41, 5.74) is -5.20. The molecule has 2 unspecified atom stereocenters. The van der Waals surface area contributed by atoms with Crippen LogP contribution >= 0.6 is 35.1 Å². The van der Waals surface area contributed by atoms with Crippen molar-refractivity contribution >= 4 is 35.1 Å². The standard InChI is InChI=1S/C12H22ClN2O14P3/c1-3-5-12(26-2,9(17)10(13)15-6-4-8(16)14-11(15)18)7-27-31(22,23)29-32(24,25)28-30(19,20)21/h4,6,9-10,17H,3,5,7H2,1-2H3,(H,22,23)(H,24,25)(H,14,16,18)(H2,19,20,21)/t9-,10-,12+/m0/s1. The number of ether oxygens (including phenoxy) is 1. The summed E-state index contributed by atoms with van der Waals surface area (Å²) in [7, 11) is -15.8. The van der Waals surface area contributed by atoms with E-state index in [0.717, 1.165) is 23.9 Å². The topological polar surface area (TPSA) is 244 Å². The lowest BCUT2D eigenvalue weighted by Gasteiger charge is -2.38. The number of aliphatic hydroxyl groups excluding tert-OH is 1. The lowest BCUT2D eigenvalue weighted by atomic mass is 9.91. The van der Waals surface area contributed by atoms with E-state index in [1.54, 1.807) is 6.92 Å². The van der Waals surface area contributed by atoms with Gasteiger partial charge in [-0.3, -0.25) is 18.9 Å². The summed E-state index contributed by atoms with van der Waals surface area (Å²) >= 11 is 6.14. The summed E-state index contributed by atoms with van der Waals surface area (Å²) in [4.78, 5) is 61.0. The van der Waals surface area contributed by atoms with Crippen LogP contribution in [-0.4, -0.2) is 59.7 Å². The Morgan fingerprint density at radius 3 is 2.22 bits per heavy atom. The molecular formula is C12H22ClN2O14P3. The number of halogens is 1. The Hall–Kier alpha value is -0.700. The molecule has 1 heterocycles. The first-order chi connectivity index (χ1) is 14.5. The number of phosphoric ester groups is 1. The van der Waals surface area contributed by atoms with Crippen LogP contribution in [0.25, 0.3) is 0 Å². The molecule has 1 aromatic rings. The smallest absolute Gasteiger partial charge is 0.387 e. The van der Waals surface area contributed by atoms with Crippen LogP contribution in [0.1, 0.15) is 25.3 Å². The molecule has 20 heteroatoms. The number of nitrogens with zero attached hydrogens (tertiary/aromatic N) is 1. The number of aliphatic hydroxyl groups is 1. The van der Waals surface area contributed by atoms with Gasteiger partial charge in [-0.2, -0.15) is 8.62 Å². The molecule has 1 aromatic heterocycles. The van der Waals surface area contributed by atoms with E-state index < -0.39 is 58.5 Å². The summed E-state index contributed by atoms with van der Waals surface area (Å²) in [6.07, 6.45) is -0.669. The largest absolute Gasteiger partial charge is 0.490 e. The van der Waals surface area contributed by atoms with E-state index in [9.17, 15) is 38.2 Å². The number of hydrogen-bond acceptors (Lipinski definition) is 10. The second-order valence-electron chi connectivity index (χ2n) is 6.22. The number of hydrogen-bond donors (Lipinski definition) is 6. The van der Waals surface area contributed by atoms with E-state index in [2.05, 4.69) is 13.1 Å². The molecule has 186 valence electrons. The van der Waals surface area contributed by atoms with E-state index in [-0.39, 0.29) is 12.8 Å². The summed E-state index contributed by atoms with van der Waals surface area (Å²) < 4.78 is 51.9. The number of H-pyrrole nitrogens is 1. The highest BCUT2D eigenvalue weighted by Gasteiger charge is 2.47. The molecule has 0 fully saturated rings. The normalized spacial score (nSPS) is 20.0. The third-order valence-electron chi connectivity index (χ3n) is 3.88. The van der Waals surface area contributed by atoms with Crippen LogP contribution < -0.4 is 11.2 Å². The van der Waals surface area contributed by atoms with E-state index in [4.69, 9.17) is 26.1 Å². The van der Waals surface area contributed by atoms with Crippen molar-refractivity contribution in [1.29, 1.82) is 0 Å². The van der Waals surface area contributed by atoms with Crippen molar-refractivity contribution in [3.05, 3.63) is 33.1 Å². The van der Waals surface area contributed by atoms with Crippen LogP contribution in [0.3, 0.4) is 0 Å². The summed E-state index contributed by atoms with van der Waals surface area (Å²) in [5, 5.41) is 10.8. The molecule has 0 saturated heterocycles. The Balaban J connectivity index is 3.14. The van der Waals surface area contributed by atoms with Crippen LogP contribution in [-0.2, 0) is 31.6 Å². The van der Waals surface area contributed by atoms with Crippen molar-refractivity contribution in [3.8, 4) is 0 Å². The lowest BCUT2D eigenvalue weighted by Crippen LogP contribution is -2.52. The molecule has 0 bridgehead atoms. The lowest BCUT2D eigenvalue weighted by molar-refractivity contribution is -0.138. The zero-order valence-electron chi connectivity index (χ0n) is 16.5. The molecule has 0 aromatic carbocycles. The predicted molar refractivity (Wildman–Crippen MR) is 107 cm³/mol. The van der Waals surface area contributed by atoms with Crippen molar-refractivity contribution < 1.29 is 56.3 Å². The minimum atomic E-state index is -5.75. The van der Waals surface area contributed by atoms with Crippen LogP contribution in [0.4, 0.5) is 0 Å². The van der Waals surface area contributed by atoms with Gasteiger partial charge in [-0.25, -0.2) is 18.5 Å². The maximum absolute atomic E-state index is 12.0. The molecule has 0 spiro atoms. The third-order valence-corrected chi connectivity index (χ3v) is 8.12. The Kier molecular flexibility index (Phi) is 10.2. The fourth-order valence-corrected chi connectivity index (χ4v) is 5.99. The molecular weight excluding hydrogens is 525 g/mol. The maximum Gasteiger partial charge on any atom is 0.490 e. The fraction of sp³-hybridized carbons (Fsp3) is 0.667. The SMILES string of the molecule is CCC[C@](COP(=O)(O)OP(=O)(O)OP(=O)(O)O)(OC)[C@@H](O)[C@@H](Cl)n1ccc(=O)[nH]c1=O. The molecule has 0 saturated carbocycles. The molecule has 5 atom stereocenters. The summed E-state index contributed by atoms with van der Waals surface area (Å²) in [6, 6.07) is 0.948. The van der Waals surface area contributed by atoms with Crippen LogP contribution in [0.15, 0.2) is 21.9 Å². The van der Waals surface area contributed by atoms with Gasteiger partial charge in [-0.15, -0.1) is 0 Å². The highest BCUT2D eigenvalue weighted by atomic mass is 35.5. The maximum atomic E-state index is 12.0. The number of methoxy groups -OCH3 is 1. The Bertz CT molecular complexity index is 1040. The predicted octanol–water partition coefficient (Wildman–Crippen LogP) is 0.163. The van der Waals surface area contributed by atoms with Crippen molar-refractivity contribution in [3.63, 3.8) is 0 Å². The van der Waals surface area contributed by atoms with Crippen molar-refractivity contribution in [1.82, 2.24) is 9.55 Å². The third kappa shape index (κ3) is 8.58. The zero-order chi connectivity index (χ0) is 25.0. The second kappa shape index (κ2) is 11.2. The molecule has 32 heavy (non-hydrogen) atoms. The van der Waals surface area contributed by atoms with Crippen LogP contribution in [0.2, 0.25) is 0 Å². The van der Waals surface area contributed by atoms with Crippen LogP contribution in [0, 0.1) is 0 Å². The number of rotatable bonds is 13. The zero-order valence-corrected chi connectivity index (χ0v) is 19.9. The van der Waals surface area contributed by atoms with Gasteiger partial charge in [0.25, 0.3) is 5.56 Å². The fourth-order valence-electron chi connectivity index (χ4n) is 2.53. The van der Waals surface area contributed by atoms with Gasteiger partial charge in [0.2, 0.25) is 0 Å². The second-order valence-corrected chi connectivity index (χ2v) is 11.1. The van der Waals surface area contributed by atoms with Gasteiger partial charge in [0, 0.05) is 19.4 Å². The van der Waals surface area contributed by atoms with E-state index in [0.29, 0.717) is 0 Å². The molecule has 16 nitrogen and oxygen atoms in total. The number of alkyl halides is 1. The number of phosphoric acid groups is 3. The summed E-state index contributed by atoms with van der Waals surface area (Å²) in [5.74, 6) is 0.